The quantitative estimate of drug-likeness (QED) is 0.862. The Kier molecular flexibility index (Phi) is 3.75. The minimum absolute atomic E-state index is 0.286. The molecule has 0 bridgehead atoms. The van der Waals surface area contributed by atoms with Crippen molar-refractivity contribution in [2.24, 2.45) is 5.73 Å². The van der Waals surface area contributed by atoms with E-state index in [0.717, 1.165) is 4.88 Å². The molecule has 0 saturated carbocycles. The summed E-state index contributed by atoms with van der Waals surface area (Å²) in [6.45, 7) is 1.99. The van der Waals surface area contributed by atoms with Gasteiger partial charge in [-0.15, -0.1) is 11.3 Å². The first-order valence-electron chi connectivity index (χ1n) is 4.51. The fraction of sp³-hybridized carbons (Fsp3) is 0.667. The predicted octanol–water partition coefficient (Wildman–Crippen LogP) is 1.64. The lowest BCUT2D eigenvalue weighted by atomic mass is 10.1. The lowest BCUT2D eigenvalue weighted by molar-refractivity contribution is 0.0624. The van der Waals surface area contributed by atoms with E-state index in [1.807, 2.05) is 19.0 Å². The zero-order valence-electron chi connectivity index (χ0n) is 9.00. The van der Waals surface area contributed by atoms with Gasteiger partial charge in [0.05, 0.1) is 0 Å². The van der Waals surface area contributed by atoms with E-state index in [2.05, 4.69) is 4.98 Å². The maximum atomic E-state index is 12.6. The normalized spacial score (nSPS) is 16.0. The summed E-state index contributed by atoms with van der Waals surface area (Å²) in [6, 6.07) is 0. The summed E-state index contributed by atoms with van der Waals surface area (Å²) in [6.07, 6.45) is -0.996. The van der Waals surface area contributed by atoms with Crippen molar-refractivity contribution in [2.45, 2.75) is 25.4 Å². The summed E-state index contributed by atoms with van der Waals surface area (Å²) in [5.41, 5.74) is 3.87. The fourth-order valence-electron chi connectivity index (χ4n) is 1.03. The van der Waals surface area contributed by atoms with E-state index in [9.17, 15) is 8.78 Å². The molecular formula is C9H15F2N3S. The molecule has 3 nitrogen and oxygen atoms in total. The van der Waals surface area contributed by atoms with Crippen molar-refractivity contribution in [1.29, 1.82) is 0 Å². The number of nitrogens with zero attached hydrogens (tertiary/aromatic N) is 2. The van der Waals surface area contributed by atoms with Crippen LogP contribution >= 0.6 is 11.3 Å². The molecule has 1 aromatic rings. The molecule has 1 aromatic heterocycles. The zero-order chi connectivity index (χ0) is 11.6. The second kappa shape index (κ2) is 4.51. The topological polar surface area (TPSA) is 42.2 Å². The highest BCUT2D eigenvalue weighted by molar-refractivity contribution is 7.11. The Morgan fingerprint density at radius 3 is 2.67 bits per heavy atom. The van der Waals surface area contributed by atoms with Crippen molar-refractivity contribution >= 4 is 11.3 Å². The number of thiazole rings is 1. The van der Waals surface area contributed by atoms with Gasteiger partial charge >= 0.3 is 0 Å². The van der Waals surface area contributed by atoms with Crippen LogP contribution in [-0.2, 0) is 12.1 Å². The average Bonchev–Trinajstić information content (AvgIpc) is 2.51. The van der Waals surface area contributed by atoms with E-state index < -0.39 is 12.0 Å². The SMILES string of the molecule is CN(C)Cc1cnc(C(C)(N)C(F)F)s1. The third-order valence-electron chi connectivity index (χ3n) is 1.94. The van der Waals surface area contributed by atoms with Crippen LogP contribution in [0.1, 0.15) is 16.8 Å². The Hall–Kier alpha value is -0.590. The molecule has 0 saturated heterocycles. The Labute approximate surface area is 91.9 Å². The first-order chi connectivity index (χ1) is 6.84. The van der Waals surface area contributed by atoms with Gasteiger partial charge in [0, 0.05) is 17.6 Å². The van der Waals surface area contributed by atoms with E-state index in [4.69, 9.17) is 5.73 Å². The molecule has 2 N–H and O–H groups in total. The summed E-state index contributed by atoms with van der Waals surface area (Å²) < 4.78 is 25.2. The molecule has 1 atom stereocenters. The van der Waals surface area contributed by atoms with E-state index in [0.29, 0.717) is 6.54 Å². The number of hydrogen-bond acceptors (Lipinski definition) is 4. The largest absolute Gasteiger partial charge is 0.315 e. The van der Waals surface area contributed by atoms with E-state index in [-0.39, 0.29) is 5.01 Å². The van der Waals surface area contributed by atoms with Crippen LogP contribution in [-0.4, -0.2) is 30.4 Å². The summed E-state index contributed by atoms with van der Waals surface area (Å²) in [7, 11) is 3.82. The molecule has 1 rings (SSSR count). The predicted molar refractivity (Wildman–Crippen MR) is 57.0 cm³/mol. The number of nitrogens with two attached hydrogens (primary N) is 1. The summed E-state index contributed by atoms with van der Waals surface area (Å²) >= 11 is 1.24. The van der Waals surface area contributed by atoms with Gasteiger partial charge in [-0.2, -0.15) is 0 Å². The number of aromatic nitrogens is 1. The minimum atomic E-state index is -2.60. The number of alkyl halides is 2. The maximum absolute atomic E-state index is 12.6. The van der Waals surface area contributed by atoms with Gasteiger partial charge in [-0.1, -0.05) is 0 Å². The molecule has 0 radical (unpaired) electrons. The molecule has 6 heteroatoms. The molecule has 86 valence electrons. The van der Waals surface area contributed by atoms with Crippen molar-refractivity contribution in [3.05, 3.63) is 16.1 Å². The van der Waals surface area contributed by atoms with Crippen molar-refractivity contribution in [3.8, 4) is 0 Å². The second-order valence-corrected chi connectivity index (χ2v) is 5.07. The average molecular weight is 235 g/mol. The Morgan fingerprint density at radius 1 is 1.60 bits per heavy atom. The van der Waals surface area contributed by atoms with Crippen molar-refractivity contribution < 1.29 is 8.78 Å². The van der Waals surface area contributed by atoms with Gasteiger partial charge in [0.1, 0.15) is 10.5 Å². The van der Waals surface area contributed by atoms with Gasteiger partial charge < -0.3 is 10.6 Å². The fourth-order valence-corrected chi connectivity index (χ4v) is 2.13. The van der Waals surface area contributed by atoms with Crippen LogP contribution in [0.5, 0.6) is 0 Å². The first-order valence-corrected chi connectivity index (χ1v) is 5.32. The van der Waals surface area contributed by atoms with Crippen LogP contribution in [0, 0.1) is 0 Å². The van der Waals surface area contributed by atoms with E-state index >= 15 is 0 Å². The molecule has 0 aliphatic carbocycles. The standard InChI is InChI=1S/C9H15F2N3S/c1-9(12,7(10)11)8-13-4-6(15-8)5-14(2)3/h4,7H,5,12H2,1-3H3. The van der Waals surface area contributed by atoms with Gasteiger partial charge in [0.15, 0.2) is 0 Å². The number of rotatable bonds is 4. The van der Waals surface area contributed by atoms with Crippen LogP contribution < -0.4 is 5.73 Å². The van der Waals surface area contributed by atoms with Crippen molar-refractivity contribution in [1.82, 2.24) is 9.88 Å². The summed E-state index contributed by atoms with van der Waals surface area (Å²) in [5, 5.41) is 0.286. The zero-order valence-corrected chi connectivity index (χ0v) is 9.81. The summed E-state index contributed by atoms with van der Waals surface area (Å²) in [5.74, 6) is 0. The van der Waals surface area contributed by atoms with Crippen LogP contribution in [0.15, 0.2) is 6.20 Å². The van der Waals surface area contributed by atoms with Gasteiger partial charge in [-0.3, -0.25) is 0 Å². The monoisotopic (exact) mass is 235 g/mol. The first kappa shape index (κ1) is 12.5. The highest BCUT2D eigenvalue weighted by atomic mass is 32.1. The molecule has 0 aromatic carbocycles. The molecule has 0 amide bonds. The lowest BCUT2D eigenvalue weighted by Gasteiger charge is -2.20. The second-order valence-electron chi connectivity index (χ2n) is 3.95. The molecule has 1 unspecified atom stereocenters. The van der Waals surface area contributed by atoms with Crippen LogP contribution in [0.4, 0.5) is 8.78 Å². The van der Waals surface area contributed by atoms with Crippen LogP contribution in [0.25, 0.3) is 0 Å². The third kappa shape index (κ3) is 2.93. The van der Waals surface area contributed by atoms with E-state index in [1.54, 1.807) is 6.20 Å². The van der Waals surface area contributed by atoms with Gasteiger partial charge in [-0.25, -0.2) is 13.8 Å². The third-order valence-corrected chi connectivity index (χ3v) is 3.18. The maximum Gasteiger partial charge on any atom is 0.262 e. The van der Waals surface area contributed by atoms with Gasteiger partial charge in [0.25, 0.3) is 6.43 Å². The Balaban J connectivity index is 2.84. The molecule has 0 fully saturated rings. The van der Waals surface area contributed by atoms with Crippen molar-refractivity contribution in [2.75, 3.05) is 14.1 Å². The lowest BCUT2D eigenvalue weighted by Crippen LogP contribution is -2.40. The van der Waals surface area contributed by atoms with Gasteiger partial charge in [0.2, 0.25) is 0 Å². The highest BCUT2D eigenvalue weighted by Gasteiger charge is 2.35. The van der Waals surface area contributed by atoms with Crippen molar-refractivity contribution in [3.63, 3.8) is 0 Å². The molecule has 0 spiro atoms. The smallest absolute Gasteiger partial charge is 0.262 e. The summed E-state index contributed by atoms with van der Waals surface area (Å²) in [4.78, 5) is 6.84. The molecule has 1 heterocycles. The molecule has 15 heavy (non-hydrogen) atoms. The minimum Gasteiger partial charge on any atom is -0.315 e. The number of hydrogen-bond donors (Lipinski definition) is 1. The Bertz CT molecular complexity index is 323. The molecule has 0 aliphatic heterocycles. The van der Waals surface area contributed by atoms with Crippen LogP contribution in [0.2, 0.25) is 0 Å². The molecular weight excluding hydrogens is 220 g/mol. The Morgan fingerprint density at radius 2 is 2.20 bits per heavy atom. The van der Waals surface area contributed by atoms with Crippen LogP contribution in [0.3, 0.4) is 0 Å². The molecule has 0 aliphatic rings. The van der Waals surface area contributed by atoms with Gasteiger partial charge in [-0.05, 0) is 21.0 Å². The highest BCUT2D eigenvalue weighted by Crippen LogP contribution is 2.29. The van der Waals surface area contributed by atoms with E-state index in [1.165, 1.54) is 18.3 Å². The number of halogens is 2.